The second-order valence-corrected chi connectivity index (χ2v) is 5.90. The van der Waals surface area contributed by atoms with Gasteiger partial charge in [-0.3, -0.25) is 4.79 Å². The van der Waals surface area contributed by atoms with Crippen molar-refractivity contribution in [1.82, 2.24) is 0 Å². The van der Waals surface area contributed by atoms with Crippen molar-refractivity contribution in [3.8, 4) is 0 Å². The highest BCUT2D eigenvalue weighted by Crippen LogP contribution is 2.38. The zero-order chi connectivity index (χ0) is 14.8. The van der Waals surface area contributed by atoms with Crippen molar-refractivity contribution in [2.24, 2.45) is 5.73 Å². The number of hydrogen-bond donors (Lipinski definition) is 2. The van der Waals surface area contributed by atoms with Crippen LogP contribution in [0.1, 0.15) is 31.2 Å². The molecule has 0 atom stereocenters. The lowest BCUT2D eigenvalue weighted by molar-refractivity contribution is -0.129. The molecule has 0 aliphatic heterocycles. The van der Waals surface area contributed by atoms with Crippen LogP contribution in [0.4, 0.5) is 5.69 Å². The van der Waals surface area contributed by atoms with Crippen molar-refractivity contribution in [2.75, 3.05) is 12.4 Å². The molecular weight excluding hydrogens is 296 g/mol. The van der Waals surface area contributed by atoms with Gasteiger partial charge in [0.15, 0.2) is 0 Å². The number of amides is 1. The van der Waals surface area contributed by atoms with Crippen molar-refractivity contribution >= 4 is 40.4 Å². The van der Waals surface area contributed by atoms with Gasteiger partial charge in [-0.1, -0.05) is 23.8 Å². The summed E-state index contributed by atoms with van der Waals surface area (Å²) in [6, 6.07) is 5.04. The largest absolute Gasteiger partial charge is 0.389 e. The number of carbonyl (C=O) groups excluding carboxylic acids is 1. The van der Waals surface area contributed by atoms with E-state index >= 15 is 0 Å². The van der Waals surface area contributed by atoms with Crippen LogP contribution in [-0.4, -0.2) is 23.6 Å². The van der Waals surface area contributed by atoms with E-state index in [1.54, 1.807) is 25.3 Å². The zero-order valence-corrected chi connectivity index (χ0v) is 12.8. The van der Waals surface area contributed by atoms with Crippen molar-refractivity contribution in [3.05, 3.63) is 28.8 Å². The van der Waals surface area contributed by atoms with E-state index in [1.165, 1.54) is 0 Å². The molecule has 1 fully saturated rings. The van der Waals surface area contributed by atoms with Crippen LogP contribution in [-0.2, 0) is 9.53 Å². The number of methoxy groups -OCH3 is 1. The van der Waals surface area contributed by atoms with Gasteiger partial charge in [0, 0.05) is 17.7 Å². The molecule has 0 unspecified atom stereocenters. The van der Waals surface area contributed by atoms with Crippen LogP contribution in [0.15, 0.2) is 18.2 Å². The number of thiocarbonyl (C=S) groups is 1. The highest BCUT2D eigenvalue weighted by Gasteiger charge is 2.39. The number of benzene rings is 1. The lowest BCUT2D eigenvalue weighted by atomic mass is 9.77. The van der Waals surface area contributed by atoms with Crippen LogP contribution in [0, 0.1) is 0 Å². The first-order valence-electron chi connectivity index (χ1n) is 6.40. The molecule has 0 radical (unpaired) electrons. The maximum atomic E-state index is 12.1. The Balaban J connectivity index is 2.11. The summed E-state index contributed by atoms with van der Waals surface area (Å²) in [5, 5.41) is 3.34. The number of nitrogens with two attached hydrogens (primary N) is 1. The average Bonchev–Trinajstić information content (AvgIpc) is 2.33. The van der Waals surface area contributed by atoms with Crippen LogP contribution >= 0.6 is 23.8 Å². The Hall–Kier alpha value is -1.17. The normalized spacial score (nSPS) is 16.3. The average molecular weight is 313 g/mol. The summed E-state index contributed by atoms with van der Waals surface area (Å²) >= 11 is 10.9. The van der Waals surface area contributed by atoms with E-state index in [1.807, 2.05) is 0 Å². The molecular formula is C14H17ClN2O2S. The minimum absolute atomic E-state index is 0.119. The van der Waals surface area contributed by atoms with Crippen LogP contribution in [0.2, 0.25) is 5.02 Å². The minimum atomic E-state index is -0.313. The highest BCUT2D eigenvalue weighted by atomic mass is 35.5. The molecule has 1 saturated carbocycles. The van der Waals surface area contributed by atoms with Gasteiger partial charge < -0.3 is 15.8 Å². The molecule has 108 valence electrons. The fourth-order valence-electron chi connectivity index (χ4n) is 2.35. The third kappa shape index (κ3) is 3.29. The number of carbonyl (C=O) groups is 1. The molecule has 6 heteroatoms. The Kier molecular flexibility index (Phi) is 4.62. The molecule has 1 amide bonds. The van der Waals surface area contributed by atoms with E-state index < -0.39 is 0 Å². The summed E-state index contributed by atoms with van der Waals surface area (Å²) in [5.41, 5.74) is 6.48. The quantitative estimate of drug-likeness (QED) is 0.821. The molecule has 0 heterocycles. The first kappa shape index (κ1) is 15.2. The third-order valence-corrected chi connectivity index (χ3v) is 4.16. The van der Waals surface area contributed by atoms with Crippen LogP contribution in [0.25, 0.3) is 0 Å². The van der Waals surface area contributed by atoms with E-state index in [0.29, 0.717) is 22.7 Å². The van der Waals surface area contributed by atoms with Crippen molar-refractivity contribution in [2.45, 2.75) is 31.3 Å². The Morgan fingerprint density at radius 1 is 1.55 bits per heavy atom. The summed E-state index contributed by atoms with van der Waals surface area (Å²) in [7, 11) is 1.65. The smallest absolute Gasteiger partial charge is 0.227 e. The Labute approximate surface area is 128 Å². The van der Waals surface area contributed by atoms with E-state index in [0.717, 1.165) is 19.3 Å². The molecule has 2 rings (SSSR count). The first-order valence-corrected chi connectivity index (χ1v) is 7.19. The number of ether oxygens (including phenoxy) is 1. The molecule has 3 N–H and O–H groups in total. The predicted octanol–water partition coefficient (Wildman–Crippen LogP) is 2.87. The topological polar surface area (TPSA) is 64.3 Å². The fraction of sp³-hybridized carbons (Fsp3) is 0.429. The summed E-state index contributed by atoms with van der Waals surface area (Å²) < 4.78 is 5.45. The molecule has 0 saturated heterocycles. The molecule has 0 aromatic heterocycles. The number of hydrogen-bond acceptors (Lipinski definition) is 3. The fourth-order valence-corrected chi connectivity index (χ4v) is 2.70. The lowest BCUT2D eigenvalue weighted by Gasteiger charge is -2.39. The summed E-state index contributed by atoms with van der Waals surface area (Å²) in [6.45, 7) is 0. The number of anilines is 1. The van der Waals surface area contributed by atoms with Gasteiger partial charge in [0.2, 0.25) is 5.91 Å². The Morgan fingerprint density at radius 2 is 2.25 bits per heavy atom. The molecule has 0 bridgehead atoms. The SMILES string of the molecule is COC1(CC(=O)Nc2cc(Cl)ccc2C(N)=S)CCC1. The maximum Gasteiger partial charge on any atom is 0.227 e. The maximum absolute atomic E-state index is 12.1. The summed E-state index contributed by atoms with van der Waals surface area (Å²) in [6.07, 6.45) is 3.24. The Morgan fingerprint density at radius 3 is 2.75 bits per heavy atom. The van der Waals surface area contributed by atoms with Gasteiger partial charge in [0.05, 0.1) is 17.7 Å². The third-order valence-electron chi connectivity index (χ3n) is 3.70. The predicted molar refractivity (Wildman–Crippen MR) is 84.2 cm³/mol. The summed E-state index contributed by atoms with van der Waals surface area (Å²) in [5.74, 6) is -0.119. The van der Waals surface area contributed by atoms with Gasteiger partial charge in [0.25, 0.3) is 0 Å². The van der Waals surface area contributed by atoms with Crippen LogP contribution < -0.4 is 11.1 Å². The summed E-state index contributed by atoms with van der Waals surface area (Å²) in [4.78, 5) is 12.4. The van der Waals surface area contributed by atoms with Crippen molar-refractivity contribution < 1.29 is 9.53 Å². The van der Waals surface area contributed by atoms with E-state index in [-0.39, 0.29) is 16.5 Å². The first-order chi connectivity index (χ1) is 9.46. The molecule has 1 aromatic rings. The second-order valence-electron chi connectivity index (χ2n) is 5.02. The van der Waals surface area contributed by atoms with Crippen molar-refractivity contribution in [3.63, 3.8) is 0 Å². The molecule has 20 heavy (non-hydrogen) atoms. The Bertz CT molecular complexity index is 538. The molecule has 0 spiro atoms. The molecule has 4 nitrogen and oxygen atoms in total. The van der Waals surface area contributed by atoms with E-state index in [4.69, 9.17) is 34.3 Å². The van der Waals surface area contributed by atoms with Gasteiger partial charge >= 0.3 is 0 Å². The molecule has 1 aliphatic rings. The molecule has 1 aliphatic carbocycles. The number of rotatable bonds is 5. The van der Waals surface area contributed by atoms with Gasteiger partial charge in [-0.05, 0) is 37.5 Å². The minimum Gasteiger partial charge on any atom is -0.389 e. The lowest BCUT2D eigenvalue weighted by Crippen LogP contribution is -2.42. The number of nitrogens with one attached hydrogen (secondary N) is 1. The van der Waals surface area contributed by atoms with Crippen LogP contribution in [0.3, 0.4) is 0 Å². The second kappa shape index (κ2) is 6.08. The monoisotopic (exact) mass is 312 g/mol. The van der Waals surface area contributed by atoms with Gasteiger partial charge in [-0.15, -0.1) is 0 Å². The standard InChI is InChI=1S/C14H17ClN2O2S/c1-19-14(5-2-6-14)8-12(18)17-11-7-9(15)3-4-10(11)13(16)20/h3-4,7H,2,5-6,8H2,1H3,(H2,16,20)(H,17,18). The van der Waals surface area contributed by atoms with E-state index in [2.05, 4.69) is 5.32 Å². The van der Waals surface area contributed by atoms with Gasteiger partial charge in [0.1, 0.15) is 4.99 Å². The number of halogens is 1. The zero-order valence-electron chi connectivity index (χ0n) is 11.2. The highest BCUT2D eigenvalue weighted by molar-refractivity contribution is 7.80. The van der Waals surface area contributed by atoms with E-state index in [9.17, 15) is 4.79 Å². The van der Waals surface area contributed by atoms with Crippen LogP contribution in [0.5, 0.6) is 0 Å². The molecule has 1 aromatic carbocycles. The van der Waals surface area contributed by atoms with Crippen molar-refractivity contribution in [1.29, 1.82) is 0 Å². The van der Waals surface area contributed by atoms with Gasteiger partial charge in [-0.25, -0.2) is 0 Å². The van der Waals surface area contributed by atoms with Gasteiger partial charge in [-0.2, -0.15) is 0 Å².